The van der Waals surface area contributed by atoms with Gasteiger partial charge >= 0.3 is 0 Å². The Kier molecular flexibility index (Phi) is 6.47. The first-order valence-electron chi connectivity index (χ1n) is 7.58. The predicted molar refractivity (Wildman–Crippen MR) is 81.3 cm³/mol. The minimum atomic E-state index is 0.101. The van der Waals surface area contributed by atoms with E-state index in [1.54, 1.807) is 0 Å². The molecule has 2 atom stereocenters. The van der Waals surface area contributed by atoms with E-state index in [0.29, 0.717) is 19.0 Å². The second-order valence-electron chi connectivity index (χ2n) is 5.72. The van der Waals surface area contributed by atoms with Crippen LogP contribution in [0.15, 0.2) is 0 Å². The van der Waals surface area contributed by atoms with Crippen molar-refractivity contribution in [3.05, 3.63) is 0 Å². The molecule has 2 unspecified atom stereocenters. The number of nitrogens with one attached hydrogen (secondary N) is 1. The summed E-state index contributed by atoms with van der Waals surface area (Å²) in [4.78, 5) is 14.1. The van der Waals surface area contributed by atoms with E-state index in [1.807, 2.05) is 0 Å². The number of carbonyl (C=O) groups is 1. The molecule has 19 heavy (non-hydrogen) atoms. The summed E-state index contributed by atoms with van der Waals surface area (Å²) in [5.74, 6) is 3.62. The minimum absolute atomic E-state index is 0.101. The van der Waals surface area contributed by atoms with Gasteiger partial charge < -0.3 is 11.1 Å². The van der Waals surface area contributed by atoms with Crippen LogP contribution in [0.5, 0.6) is 0 Å². The topological polar surface area (TPSA) is 58.4 Å². The fraction of sp³-hybridized carbons (Fsp3) is 0.929. The molecule has 110 valence electrons. The van der Waals surface area contributed by atoms with Crippen LogP contribution in [0.1, 0.15) is 32.1 Å². The molecule has 0 spiro atoms. The molecule has 0 radical (unpaired) electrons. The molecule has 2 rings (SSSR count). The maximum absolute atomic E-state index is 11.5. The largest absolute Gasteiger partial charge is 0.354 e. The third-order valence-electron chi connectivity index (χ3n) is 4.17. The maximum Gasteiger partial charge on any atom is 0.221 e. The molecule has 3 N–H and O–H groups in total. The van der Waals surface area contributed by atoms with E-state index in [2.05, 4.69) is 22.0 Å². The van der Waals surface area contributed by atoms with Crippen LogP contribution in [-0.2, 0) is 4.79 Å². The van der Waals surface area contributed by atoms with Crippen molar-refractivity contribution in [3.8, 4) is 0 Å². The van der Waals surface area contributed by atoms with Crippen molar-refractivity contribution in [1.29, 1.82) is 0 Å². The summed E-state index contributed by atoms with van der Waals surface area (Å²) < 4.78 is 0. The molecule has 1 amide bonds. The van der Waals surface area contributed by atoms with E-state index in [9.17, 15) is 4.79 Å². The molecule has 0 aliphatic carbocycles. The zero-order valence-electron chi connectivity index (χ0n) is 11.8. The highest BCUT2D eigenvalue weighted by molar-refractivity contribution is 7.99. The van der Waals surface area contributed by atoms with Crippen molar-refractivity contribution in [3.63, 3.8) is 0 Å². The van der Waals surface area contributed by atoms with Gasteiger partial charge in [0, 0.05) is 32.1 Å². The second-order valence-corrected chi connectivity index (χ2v) is 6.87. The zero-order chi connectivity index (χ0) is 13.5. The van der Waals surface area contributed by atoms with Gasteiger partial charge in [0.2, 0.25) is 5.91 Å². The Morgan fingerprint density at radius 3 is 3.00 bits per heavy atom. The minimum Gasteiger partial charge on any atom is -0.354 e. The lowest BCUT2D eigenvalue weighted by Gasteiger charge is -2.37. The Bertz CT molecular complexity index is 282. The molecule has 2 aliphatic heterocycles. The van der Waals surface area contributed by atoms with Crippen molar-refractivity contribution < 1.29 is 4.79 Å². The standard InChI is InChI=1S/C14H27N3OS/c15-6-4-14(18)16-9-13-3-1-2-7-17(13)10-12-5-8-19-11-12/h12-13H,1-11,15H2,(H,16,18). The summed E-state index contributed by atoms with van der Waals surface area (Å²) in [6, 6.07) is 0.543. The third-order valence-corrected chi connectivity index (χ3v) is 5.40. The van der Waals surface area contributed by atoms with Crippen molar-refractivity contribution in [1.82, 2.24) is 10.2 Å². The van der Waals surface area contributed by atoms with Crippen LogP contribution in [0.2, 0.25) is 0 Å². The molecule has 2 aliphatic rings. The molecule has 0 bridgehead atoms. The van der Waals surface area contributed by atoms with Crippen LogP contribution >= 0.6 is 11.8 Å². The number of nitrogens with zero attached hydrogens (tertiary/aromatic N) is 1. The predicted octanol–water partition coefficient (Wildman–Crippen LogP) is 1.06. The smallest absolute Gasteiger partial charge is 0.221 e. The Balaban J connectivity index is 1.76. The SMILES string of the molecule is NCCC(=O)NCC1CCCCN1CC1CCSC1. The number of hydrogen-bond donors (Lipinski definition) is 2. The average Bonchev–Trinajstić information content (AvgIpc) is 2.91. The van der Waals surface area contributed by atoms with E-state index < -0.39 is 0 Å². The molecule has 0 aromatic heterocycles. The molecule has 2 fully saturated rings. The number of carbonyl (C=O) groups excluding carboxylic acids is 1. The maximum atomic E-state index is 11.5. The first-order valence-corrected chi connectivity index (χ1v) is 8.73. The van der Waals surface area contributed by atoms with Crippen molar-refractivity contribution in [2.45, 2.75) is 38.1 Å². The van der Waals surface area contributed by atoms with Crippen LogP contribution in [0.3, 0.4) is 0 Å². The Hall–Kier alpha value is -0.260. The summed E-state index contributed by atoms with van der Waals surface area (Å²) in [5.41, 5.74) is 5.40. The third kappa shape index (κ3) is 4.97. The molecular formula is C14H27N3OS. The Morgan fingerprint density at radius 2 is 2.26 bits per heavy atom. The lowest BCUT2D eigenvalue weighted by Crippen LogP contribution is -2.48. The summed E-state index contributed by atoms with van der Waals surface area (Å²) in [6.45, 7) is 3.68. The Morgan fingerprint density at radius 1 is 1.37 bits per heavy atom. The fourth-order valence-electron chi connectivity index (χ4n) is 3.04. The average molecular weight is 285 g/mol. The summed E-state index contributed by atoms with van der Waals surface area (Å²) in [6.07, 6.45) is 5.66. The Labute approximate surface area is 120 Å². The van der Waals surface area contributed by atoms with E-state index in [4.69, 9.17) is 5.73 Å². The molecule has 2 heterocycles. The van der Waals surface area contributed by atoms with E-state index in [1.165, 1.54) is 50.3 Å². The summed E-state index contributed by atoms with van der Waals surface area (Å²) in [7, 11) is 0. The lowest BCUT2D eigenvalue weighted by molar-refractivity contribution is -0.121. The molecule has 0 aromatic carbocycles. The van der Waals surface area contributed by atoms with Crippen LogP contribution < -0.4 is 11.1 Å². The van der Waals surface area contributed by atoms with Gasteiger partial charge in [0.05, 0.1) is 0 Å². The number of amides is 1. The highest BCUT2D eigenvalue weighted by atomic mass is 32.2. The monoisotopic (exact) mass is 285 g/mol. The van der Waals surface area contributed by atoms with E-state index in [-0.39, 0.29) is 5.91 Å². The number of nitrogens with two attached hydrogens (primary N) is 1. The van der Waals surface area contributed by atoms with E-state index in [0.717, 1.165) is 12.5 Å². The normalized spacial score (nSPS) is 28.5. The van der Waals surface area contributed by atoms with E-state index >= 15 is 0 Å². The van der Waals surface area contributed by atoms with Crippen LogP contribution in [0.25, 0.3) is 0 Å². The van der Waals surface area contributed by atoms with Gasteiger partial charge in [-0.1, -0.05) is 6.42 Å². The van der Waals surface area contributed by atoms with Crippen molar-refractivity contribution in [2.24, 2.45) is 11.7 Å². The molecule has 0 aromatic rings. The number of likely N-dealkylation sites (tertiary alicyclic amines) is 1. The number of rotatable bonds is 6. The van der Waals surface area contributed by atoms with Crippen LogP contribution in [0, 0.1) is 5.92 Å². The van der Waals surface area contributed by atoms with Gasteiger partial charge in [-0.15, -0.1) is 0 Å². The number of thioether (sulfide) groups is 1. The molecule has 0 saturated carbocycles. The highest BCUT2D eigenvalue weighted by Gasteiger charge is 2.26. The zero-order valence-corrected chi connectivity index (χ0v) is 12.6. The van der Waals surface area contributed by atoms with Crippen molar-refractivity contribution in [2.75, 3.05) is 37.7 Å². The van der Waals surface area contributed by atoms with Crippen LogP contribution in [-0.4, -0.2) is 54.5 Å². The highest BCUT2D eigenvalue weighted by Crippen LogP contribution is 2.26. The molecule has 2 saturated heterocycles. The van der Waals surface area contributed by atoms with Gasteiger partial charge in [-0.2, -0.15) is 11.8 Å². The summed E-state index contributed by atoms with van der Waals surface area (Å²) >= 11 is 2.09. The first kappa shape index (κ1) is 15.1. The molecular weight excluding hydrogens is 258 g/mol. The fourth-order valence-corrected chi connectivity index (χ4v) is 4.31. The van der Waals surface area contributed by atoms with Gasteiger partial charge in [-0.05, 0) is 43.2 Å². The quantitative estimate of drug-likeness (QED) is 0.766. The van der Waals surface area contributed by atoms with Gasteiger partial charge in [0.25, 0.3) is 0 Å². The molecule has 5 heteroatoms. The summed E-state index contributed by atoms with van der Waals surface area (Å²) in [5, 5.41) is 3.04. The number of piperidine rings is 1. The second kappa shape index (κ2) is 8.12. The number of hydrogen-bond acceptors (Lipinski definition) is 4. The molecule has 4 nitrogen and oxygen atoms in total. The van der Waals surface area contributed by atoms with Gasteiger partial charge in [-0.25, -0.2) is 0 Å². The van der Waals surface area contributed by atoms with Gasteiger partial charge in [0.1, 0.15) is 0 Å². The van der Waals surface area contributed by atoms with Crippen molar-refractivity contribution >= 4 is 17.7 Å². The first-order chi connectivity index (χ1) is 9.29. The van der Waals surface area contributed by atoms with Gasteiger partial charge in [0.15, 0.2) is 0 Å². The van der Waals surface area contributed by atoms with Gasteiger partial charge in [-0.3, -0.25) is 9.69 Å². The van der Waals surface area contributed by atoms with Crippen LogP contribution in [0.4, 0.5) is 0 Å². The lowest BCUT2D eigenvalue weighted by atomic mass is 9.99.